The molecule has 0 heterocycles. The molecule has 0 bridgehead atoms. The molecule has 2 N–H and O–H groups in total. The van der Waals surface area contributed by atoms with Gasteiger partial charge in [-0.1, -0.05) is 13.8 Å². The summed E-state index contributed by atoms with van der Waals surface area (Å²) in [7, 11) is -2.83. The summed E-state index contributed by atoms with van der Waals surface area (Å²) in [5.74, 6) is -0.989. The first kappa shape index (κ1) is 11.4. The lowest BCUT2D eigenvalue weighted by Crippen LogP contribution is -2.36. The van der Waals surface area contributed by atoms with Gasteiger partial charge in [0, 0.05) is 0 Å². The maximum absolute atomic E-state index is 10.4. The van der Waals surface area contributed by atoms with Crippen molar-refractivity contribution in [3.05, 3.63) is 0 Å². The van der Waals surface area contributed by atoms with E-state index in [1.165, 1.54) is 0 Å². The molecule has 5 nitrogen and oxygen atoms in total. The lowest BCUT2D eigenvalue weighted by molar-refractivity contribution is -0.139. The molecule has 6 heteroatoms. The van der Waals surface area contributed by atoms with E-state index in [1.807, 2.05) is 18.6 Å². The summed E-state index contributed by atoms with van der Waals surface area (Å²) in [6.07, 6.45) is 0.304. The zero-order valence-corrected chi connectivity index (χ0v) is 7.88. The maximum atomic E-state index is 10.4. The molecule has 0 aromatic rings. The van der Waals surface area contributed by atoms with Crippen LogP contribution in [0.1, 0.15) is 20.3 Å². The van der Waals surface area contributed by atoms with E-state index in [-0.39, 0.29) is 5.92 Å². The van der Waals surface area contributed by atoms with Crippen LogP contribution in [0, 0.1) is 5.92 Å². The quantitative estimate of drug-likeness (QED) is 0.521. The fourth-order valence-corrected chi connectivity index (χ4v) is 1.28. The van der Waals surface area contributed by atoms with E-state index >= 15 is 0 Å². The Hall–Kier alpha value is -0.620. The number of hydrogen-bond donors (Lipinski definition) is 3. The second-order valence-electron chi connectivity index (χ2n) is 2.91. The summed E-state index contributed by atoms with van der Waals surface area (Å²) in [6, 6.07) is -0.994. The maximum Gasteiger partial charge on any atom is 0.321 e. The molecular formula is C6H13NO4S. The molecule has 0 aromatic carbocycles. The van der Waals surface area contributed by atoms with Crippen LogP contribution in [0.5, 0.6) is 0 Å². The molecule has 12 heavy (non-hydrogen) atoms. The third kappa shape index (κ3) is 5.09. The normalized spacial score (nSPS) is 13.7. The predicted octanol–water partition coefficient (Wildman–Crippen LogP) is -0.398. The Kier molecular flexibility index (Phi) is 4.84. The van der Waals surface area contributed by atoms with E-state index in [9.17, 15) is 13.2 Å². The lowest BCUT2D eigenvalue weighted by atomic mass is 10.1. The van der Waals surface area contributed by atoms with Gasteiger partial charge in [-0.3, -0.25) is 4.79 Å². The fraction of sp³-hybridized carbons (Fsp3) is 0.833. The monoisotopic (exact) mass is 195 g/mol. The third-order valence-corrected chi connectivity index (χ3v) is 1.79. The van der Waals surface area contributed by atoms with Crippen LogP contribution in [0.2, 0.25) is 0 Å². The molecular weight excluding hydrogens is 182 g/mol. The van der Waals surface area contributed by atoms with Gasteiger partial charge in [-0.2, -0.15) is 0 Å². The van der Waals surface area contributed by atoms with Crippen LogP contribution in [0.3, 0.4) is 0 Å². The Morgan fingerprint density at radius 3 is 2.25 bits per heavy atom. The van der Waals surface area contributed by atoms with Gasteiger partial charge < -0.3 is 5.11 Å². The summed E-state index contributed by atoms with van der Waals surface area (Å²) < 4.78 is 22.3. The minimum atomic E-state index is -2.83. The SMILES string of the molecule is CC(C)C[C@@H](N[SH](=O)=O)C(=O)O. The largest absolute Gasteiger partial charge is 0.480 e. The van der Waals surface area contributed by atoms with Crippen LogP contribution >= 0.6 is 0 Å². The Bertz CT molecular complexity index is 216. The van der Waals surface area contributed by atoms with Crippen LogP contribution in [-0.4, -0.2) is 25.5 Å². The first-order chi connectivity index (χ1) is 5.43. The average Bonchev–Trinajstić information content (AvgIpc) is 1.83. The van der Waals surface area contributed by atoms with Crippen molar-refractivity contribution in [2.75, 3.05) is 0 Å². The van der Waals surface area contributed by atoms with E-state index in [1.54, 1.807) is 0 Å². The number of hydrogen-bond acceptors (Lipinski definition) is 3. The highest BCUT2D eigenvalue weighted by Gasteiger charge is 2.18. The van der Waals surface area contributed by atoms with Crippen LogP contribution in [0.4, 0.5) is 0 Å². The highest BCUT2D eigenvalue weighted by Crippen LogP contribution is 2.04. The molecule has 0 spiro atoms. The van der Waals surface area contributed by atoms with E-state index in [2.05, 4.69) is 0 Å². The highest BCUT2D eigenvalue weighted by atomic mass is 32.2. The number of nitrogens with one attached hydrogen (secondary N) is 1. The highest BCUT2D eigenvalue weighted by molar-refractivity contribution is 7.70. The Morgan fingerprint density at radius 2 is 2.00 bits per heavy atom. The molecule has 0 radical (unpaired) electrons. The number of rotatable bonds is 5. The minimum Gasteiger partial charge on any atom is -0.480 e. The molecule has 72 valence electrons. The van der Waals surface area contributed by atoms with E-state index in [0.29, 0.717) is 6.42 Å². The molecule has 0 aromatic heterocycles. The van der Waals surface area contributed by atoms with Crippen molar-refractivity contribution in [3.8, 4) is 0 Å². The van der Waals surface area contributed by atoms with Crippen molar-refractivity contribution >= 4 is 16.9 Å². The zero-order chi connectivity index (χ0) is 9.72. The van der Waals surface area contributed by atoms with Gasteiger partial charge in [-0.15, -0.1) is 0 Å². The molecule has 0 saturated carbocycles. The minimum absolute atomic E-state index is 0.147. The smallest absolute Gasteiger partial charge is 0.321 e. The first-order valence-corrected chi connectivity index (χ1v) is 4.74. The van der Waals surface area contributed by atoms with E-state index in [0.717, 1.165) is 0 Å². The number of carboxylic acid groups (broad SMARTS) is 1. The molecule has 0 aliphatic rings. The second kappa shape index (κ2) is 5.10. The first-order valence-electron chi connectivity index (χ1n) is 3.57. The van der Waals surface area contributed by atoms with Crippen LogP contribution in [-0.2, 0) is 15.7 Å². The summed E-state index contributed by atoms with van der Waals surface area (Å²) in [4.78, 5) is 10.4. The average molecular weight is 195 g/mol. The molecule has 0 rings (SSSR count). The predicted molar refractivity (Wildman–Crippen MR) is 44.3 cm³/mol. The Balaban J connectivity index is 4.14. The van der Waals surface area contributed by atoms with Gasteiger partial charge in [0.25, 0.3) is 0 Å². The van der Waals surface area contributed by atoms with Crippen molar-refractivity contribution in [2.24, 2.45) is 5.92 Å². The van der Waals surface area contributed by atoms with Crippen LogP contribution in [0.25, 0.3) is 0 Å². The van der Waals surface area contributed by atoms with E-state index < -0.39 is 22.9 Å². The fourth-order valence-electron chi connectivity index (χ4n) is 0.807. The van der Waals surface area contributed by atoms with Crippen molar-refractivity contribution in [1.29, 1.82) is 0 Å². The van der Waals surface area contributed by atoms with Crippen LogP contribution < -0.4 is 4.72 Å². The topological polar surface area (TPSA) is 83.5 Å². The number of carbonyl (C=O) groups is 1. The summed E-state index contributed by atoms with van der Waals surface area (Å²) in [5.41, 5.74) is 0. The van der Waals surface area contributed by atoms with Crippen molar-refractivity contribution < 1.29 is 18.3 Å². The lowest BCUT2D eigenvalue weighted by Gasteiger charge is -2.11. The summed E-state index contributed by atoms with van der Waals surface area (Å²) >= 11 is 0. The zero-order valence-electron chi connectivity index (χ0n) is 6.98. The second-order valence-corrected chi connectivity index (χ2v) is 3.68. The van der Waals surface area contributed by atoms with Gasteiger partial charge in [-0.05, 0) is 12.3 Å². The van der Waals surface area contributed by atoms with Crippen molar-refractivity contribution in [1.82, 2.24) is 4.72 Å². The molecule has 0 saturated heterocycles. The van der Waals surface area contributed by atoms with Gasteiger partial charge in [0.05, 0.1) is 0 Å². The number of aliphatic carboxylic acids is 1. The summed E-state index contributed by atoms with van der Waals surface area (Å²) in [6.45, 7) is 3.66. The number of thiol groups is 1. The van der Waals surface area contributed by atoms with Gasteiger partial charge in [0.15, 0.2) is 0 Å². The molecule has 0 aliphatic carbocycles. The van der Waals surface area contributed by atoms with Gasteiger partial charge in [0.1, 0.15) is 6.04 Å². The molecule has 0 amide bonds. The Labute approximate surface area is 72.9 Å². The number of carboxylic acids is 1. The molecule has 0 aliphatic heterocycles. The van der Waals surface area contributed by atoms with Gasteiger partial charge in [0.2, 0.25) is 10.9 Å². The van der Waals surface area contributed by atoms with Crippen LogP contribution in [0.15, 0.2) is 0 Å². The molecule has 1 atom stereocenters. The third-order valence-electron chi connectivity index (χ3n) is 1.27. The van der Waals surface area contributed by atoms with Gasteiger partial charge >= 0.3 is 5.97 Å². The Morgan fingerprint density at radius 1 is 1.50 bits per heavy atom. The summed E-state index contributed by atoms with van der Waals surface area (Å²) in [5, 5.41) is 8.54. The van der Waals surface area contributed by atoms with E-state index in [4.69, 9.17) is 5.11 Å². The molecule has 0 unspecified atom stereocenters. The standard InChI is InChI=1S/C6H13NO4S/c1-4(2)3-5(6(8)9)7-12(10)11/h4-5,12H,3H2,1-2H3,(H,8,9)(H,7,10,11)/t5-/m1/s1. The van der Waals surface area contributed by atoms with Crippen molar-refractivity contribution in [2.45, 2.75) is 26.3 Å². The van der Waals surface area contributed by atoms with Gasteiger partial charge in [-0.25, -0.2) is 13.1 Å². The van der Waals surface area contributed by atoms with Crippen molar-refractivity contribution in [3.63, 3.8) is 0 Å². The molecule has 0 fully saturated rings.